The van der Waals surface area contributed by atoms with E-state index in [2.05, 4.69) is 12.1 Å². The molecule has 64 heavy (non-hydrogen) atoms. The first-order chi connectivity index (χ1) is 30.7. The summed E-state index contributed by atoms with van der Waals surface area (Å²) < 4.78 is 56.9. The Labute approximate surface area is 372 Å². The van der Waals surface area contributed by atoms with Crippen LogP contribution in [-0.2, 0) is 20.0 Å². The van der Waals surface area contributed by atoms with E-state index in [4.69, 9.17) is 11.5 Å². The fourth-order valence-electron chi connectivity index (χ4n) is 7.90. The summed E-state index contributed by atoms with van der Waals surface area (Å²) >= 11 is 0. The van der Waals surface area contributed by atoms with E-state index in [1.54, 1.807) is 121 Å². The van der Waals surface area contributed by atoms with Crippen molar-refractivity contribution in [2.45, 2.75) is 47.7 Å². The maximum absolute atomic E-state index is 13.8. The highest BCUT2D eigenvalue weighted by Crippen LogP contribution is 2.45. The van der Waals surface area contributed by atoms with Crippen LogP contribution in [0.25, 0.3) is 0 Å². The smallest absolute Gasteiger partial charge is 0.266 e. The molecule has 4 atom stereocenters. The van der Waals surface area contributed by atoms with Gasteiger partial charge >= 0.3 is 0 Å². The largest absolute Gasteiger partial charge is 0.399 e. The SMILES string of the molecule is Cc1ccc(C2C(C#N)=C(N)C(C(=O)c3ccccc3)N2S(=O)(=O)c2ccccc2)cc1.Cc1ccc(C2C(C#N)=C(N)N(S(=O)(=O)c3ccccc3)C2C(=O)c2ccccc2)cc1. The Hall–Kier alpha value is -7.62. The second-order valence-electron chi connectivity index (χ2n) is 15.2. The average Bonchev–Trinajstić information content (AvgIpc) is 3.81. The van der Waals surface area contributed by atoms with Crippen molar-refractivity contribution in [2.75, 3.05) is 0 Å². The lowest BCUT2D eigenvalue weighted by Crippen LogP contribution is -2.45. The van der Waals surface area contributed by atoms with Crippen LogP contribution in [0.5, 0.6) is 0 Å². The van der Waals surface area contributed by atoms with Gasteiger partial charge in [-0.2, -0.15) is 14.8 Å². The van der Waals surface area contributed by atoms with E-state index in [0.717, 1.165) is 19.7 Å². The molecule has 0 spiro atoms. The molecule has 0 aromatic heterocycles. The fourth-order valence-corrected chi connectivity index (χ4v) is 11.2. The fraction of sp³-hybridized carbons (Fsp3) is 0.120. The van der Waals surface area contributed by atoms with Crippen LogP contribution in [0.1, 0.15) is 54.9 Å². The van der Waals surface area contributed by atoms with E-state index in [1.807, 2.05) is 38.1 Å². The third kappa shape index (κ3) is 8.33. The summed E-state index contributed by atoms with van der Waals surface area (Å²) in [5.74, 6) is -1.96. The van der Waals surface area contributed by atoms with E-state index in [0.29, 0.717) is 22.3 Å². The average molecular weight is 887 g/mol. The highest BCUT2D eigenvalue weighted by molar-refractivity contribution is 7.89. The lowest BCUT2D eigenvalue weighted by atomic mass is 9.84. The van der Waals surface area contributed by atoms with Gasteiger partial charge in [-0.15, -0.1) is 0 Å². The molecule has 4 unspecified atom stereocenters. The highest BCUT2D eigenvalue weighted by Gasteiger charge is 2.52. The topological polar surface area (TPSA) is 209 Å². The second-order valence-corrected chi connectivity index (χ2v) is 18.8. The molecule has 8 rings (SSSR count). The molecular formula is C50H42N6O6S2. The van der Waals surface area contributed by atoms with Gasteiger partial charge < -0.3 is 11.5 Å². The molecule has 0 fully saturated rings. The molecule has 0 amide bonds. The number of sulfonamides is 2. The predicted molar refractivity (Wildman–Crippen MR) is 242 cm³/mol. The summed E-state index contributed by atoms with van der Waals surface area (Å²) in [6, 6.07) is 47.5. The molecule has 0 saturated carbocycles. The zero-order valence-corrected chi connectivity index (χ0v) is 36.3. The Kier molecular flexibility index (Phi) is 12.8. The number of ketones is 2. The molecule has 14 heteroatoms. The summed E-state index contributed by atoms with van der Waals surface area (Å²) in [6.45, 7) is 3.83. The maximum atomic E-state index is 13.8. The van der Waals surface area contributed by atoms with Crippen LogP contribution in [0.15, 0.2) is 202 Å². The van der Waals surface area contributed by atoms with Crippen LogP contribution in [0.3, 0.4) is 0 Å². The first-order valence-electron chi connectivity index (χ1n) is 20.0. The van der Waals surface area contributed by atoms with Crippen molar-refractivity contribution in [2.24, 2.45) is 11.5 Å². The summed E-state index contributed by atoms with van der Waals surface area (Å²) in [4.78, 5) is 27.2. The Morgan fingerprint density at radius 3 is 1.39 bits per heavy atom. The third-order valence-electron chi connectivity index (χ3n) is 11.1. The number of Topliss-reactive ketones (excluding diaryl/α,β-unsaturated/α-hetero) is 2. The molecule has 12 nitrogen and oxygen atoms in total. The van der Waals surface area contributed by atoms with Crippen molar-refractivity contribution in [3.63, 3.8) is 0 Å². The van der Waals surface area contributed by atoms with Crippen molar-refractivity contribution < 1.29 is 26.4 Å². The molecule has 6 aromatic rings. The molecular weight excluding hydrogens is 845 g/mol. The van der Waals surface area contributed by atoms with Gasteiger partial charge in [0.2, 0.25) is 10.0 Å². The zero-order valence-electron chi connectivity index (χ0n) is 34.7. The summed E-state index contributed by atoms with van der Waals surface area (Å²) in [6.07, 6.45) is 0. The normalized spacial score (nSPS) is 18.7. The van der Waals surface area contributed by atoms with Crippen LogP contribution in [-0.4, -0.2) is 49.1 Å². The summed E-state index contributed by atoms with van der Waals surface area (Å²) in [5.41, 5.74) is 16.5. The molecule has 2 aliphatic rings. The first kappa shape index (κ1) is 44.4. The van der Waals surface area contributed by atoms with Crippen molar-refractivity contribution >= 4 is 31.6 Å². The van der Waals surface area contributed by atoms with Crippen molar-refractivity contribution in [1.29, 1.82) is 10.5 Å². The summed E-state index contributed by atoms with van der Waals surface area (Å²) in [7, 11) is -8.39. The predicted octanol–water partition coefficient (Wildman–Crippen LogP) is 7.46. The van der Waals surface area contributed by atoms with Crippen LogP contribution in [0, 0.1) is 36.5 Å². The van der Waals surface area contributed by atoms with Crippen molar-refractivity contribution in [3.05, 3.63) is 226 Å². The van der Waals surface area contributed by atoms with E-state index < -0.39 is 55.7 Å². The van der Waals surface area contributed by atoms with Gasteiger partial charge in [0.05, 0.1) is 50.7 Å². The number of rotatable bonds is 10. The molecule has 2 aliphatic heterocycles. The van der Waals surface area contributed by atoms with E-state index in [1.165, 1.54) is 24.3 Å². The van der Waals surface area contributed by atoms with Gasteiger partial charge in [0, 0.05) is 11.1 Å². The van der Waals surface area contributed by atoms with Crippen LogP contribution < -0.4 is 11.5 Å². The molecule has 4 N–H and O–H groups in total. The van der Waals surface area contributed by atoms with Gasteiger partial charge in [-0.25, -0.2) is 21.1 Å². The van der Waals surface area contributed by atoms with E-state index in [9.17, 15) is 36.9 Å². The number of aryl methyl sites for hydroxylation is 2. The number of hydrogen-bond donors (Lipinski definition) is 2. The summed E-state index contributed by atoms with van der Waals surface area (Å²) in [5, 5.41) is 19.9. The van der Waals surface area contributed by atoms with Crippen molar-refractivity contribution in [1.82, 2.24) is 8.61 Å². The number of carbonyl (C=O) groups is 2. The Bertz CT molecular complexity index is 3080. The number of hydrogen-bond acceptors (Lipinski definition) is 10. The maximum Gasteiger partial charge on any atom is 0.266 e. The van der Waals surface area contributed by atoms with Gasteiger partial charge in [-0.05, 0) is 49.2 Å². The Balaban J connectivity index is 0.000000191. The highest BCUT2D eigenvalue weighted by atomic mass is 32.2. The van der Waals surface area contributed by atoms with Gasteiger partial charge in [-0.3, -0.25) is 9.59 Å². The van der Waals surface area contributed by atoms with Crippen LogP contribution in [0.4, 0.5) is 0 Å². The minimum atomic E-state index is -4.20. The van der Waals surface area contributed by atoms with Crippen LogP contribution >= 0.6 is 0 Å². The van der Waals surface area contributed by atoms with Crippen LogP contribution in [0.2, 0.25) is 0 Å². The van der Waals surface area contributed by atoms with Crippen molar-refractivity contribution in [3.8, 4) is 12.1 Å². The lowest BCUT2D eigenvalue weighted by molar-refractivity contribution is 0.0906. The third-order valence-corrected chi connectivity index (χ3v) is 14.8. The molecule has 0 bridgehead atoms. The van der Waals surface area contributed by atoms with E-state index >= 15 is 0 Å². The second kappa shape index (κ2) is 18.4. The molecule has 320 valence electrons. The zero-order chi connectivity index (χ0) is 45.8. The minimum absolute atomic E-state index is 0.00402. The number of carbonyl (C=O) groups excluding carboxylic acids is 2. The number of nitrogens with two attached hydrogens (primary N) is 2. The van der Waals surface area contributed by atoms with Gasteiger partial charge in [0.1, 0.15) is 17.9 Å². The monoisotopic (exact) mass is 886 g/mol. The number of nitriles is 2. The van der Waals surface area contributed by atoms with Gasteiger partial charge in [-0.1, -0.05) is 157 Å². The molecule has 0 saturated heterocycles. The number of benzene rings is 6. The number of nitrogens with zero attached hydrogens (tertiary/aromatic N) is 4. The molecule has 6 aromatic carbocycles. The lowest BCUT2D eigenvalue weighted by Gasteiger charge is -2.30. The minimum Gasteiger partial charge on any atom is -0.399 e. The molecule has 0 radical (unpaired) electrons. The standard InChI is InChI=1S/2C25H21N3O3S/c1-17-12-14-18(15-13-17)23-21(16-26)22(27)24(25(29)19-8-4-2-5-9-19)28(23)32(30,31)20-10-6-3-7-11-20;1-17-12-14-18(15-13-17)22-21(16-26)25(27)28(32(30,31)20-10-6-3-7-11-20)23(22)24(29)19-8-4-2-5-9-19/h2-15,23-24H,27H2,1H3;2-15,22-23H,27H2,1H3. The van der Waals surface area contributed by atoms with Gasteiger partial charge in [0.25, 0.3) is 10.0 Å². The quantitative estimate of drug-likeness (QED) is 0.130. The first-order valence-corrected chi connectivity index (χ1v) is 22.9. The Morgan fingerprint density at radius 2 is 0.938 bits per heavy atom. The van der Waals surface area contributed by atoms with E-state index in [-0.39, 0.29) is 32.5 Å². The Morgan fingerprint density at radius 1 is 0.531 bits per heavy atom. The van der Waals surface area contributed by atoms with Gasteiger partial charge in [0.15, 0.2) is 11.6 Å². The molecule has 2 heterocycles. The molecule has 0 aliphatic carbocycles.